The third kappa shape index (κ3) is 1.72. The smallest absolute Gasteiger partial charge is 0.195 e. The molecule has 0 atom stereocenters. The fraction of sp³-hybridized carbons (Fsp3) is 0.385. The average molecular weight is 245 g/mol. The molecular formula is C13H15N3S. The van der Waals surface area contributed by atoms with E-state index in [1.165, 1.54) is 29.5 Å². The highest BCUT2D eigenvalue weighted by molar-refractivity contribution is 7.71. The van der Waals surface area contributed by atoms with Gasteiger partial charge in [0.2, 0.25) is 0 Å². The molecule has 1 aliphatic rings. The highest BCUT2D eigenvalue weighted by Gasteiger charge is 2.28. The van der Waals surface area contributed by atoms with Crippen LogP contribution in [0.4, 0.5) is 0 Å². The number of nitrogens with one attached hydrogen (secondary N) is 1. The van der Waals surface area contributed by atoms with Crippen molar-refractivity contribution in [2.75, 3.05) is 0 Å². The topological polar surface area (TPSA) is 33.6 Å². The van der Waals surface area contributed by atoms with E-state index in [0.29, 0.717) is 6.04 Å². The van der Waals surface area contributed by atoms with Gasteiger partial charge in [-0.3, -0.25) is 9.67 Å². The number of hydrogen-bond donors (Lipinski definition) is 1. The van der Waals surface area contributed by atoms with E-state index in [1.54, 1.807) is 0 Å². The zero-order valence-electron chi connectivity index (χ0n) is 10.0. The number of rotatable bonds is 2. The summed E-state index contributed by atoms with van der Waals surface area (Å²) in [5.41, 5.74) is 3.76. The molecule has 88 valence electrons. The van der Waals surface area contributed by atoms with Gasteiger partial charge in [0.1, 0.15) is 0 Å². The molecule has 3 rings (SSSR count). The van der Waals surface area contributed by atoms with Gasteiger partial charge in [-0.1, -0.05) is 18.2 Å². The molecule has 0 saturated heterocycles. The quantitative estimate of drug-likeness (QED) is 0.821. The number of aryl methyl sites for hydroxylation is 1. The third-order valence-electron chi connectivity index (χ3n) is 3.46. The highest BCUT2D eigenvalue weighted by atomic mass is 32.1. The highest BCUT2D eigenvalue weighted by Crippen LogP contribution is 2.38. The summed E-state index contributed by atoms with van der Waals surface area (Å²) >= 11 is 5.31. The number of nitrogens with zero attached hydrogens (tertiary/aromatic N) is 2. The lowest BCUT2D eigenvalue weighted by Crippen LogP contribution is -1.99. The summed E-state index contributed by atoms with van der Waals surface area (Å²) < 4.78 is 2.90. The van der Waals surface area contributed by atoms with Crippen molar-refractivity contribution in [2.24, 2.45) is 0 Å². The molecule has 1 saturated carbocycles. The lowest BCUT2D eigenvalue weighted by atomic mass is 10.0. The summed E-state index contributed by atoms with van der Waals surface area (Å²) in [5.74, 6) is 0.985. The summed E-state index contributed by atoms with van der Waals surface area (Å²) in [6.07, 6.45) is 2.43. The Morgan fingerprint density at radius 3 is 2.82 bits per heavy atom. The molecule has 17 heavy (non-hydrogen) atoms. The van der Waals surface area contributed by atoms with Crippen LogP contribution in [0.5, 0.6) is 0 Å². The number of aromatic amines is 1. The van der Waals surface area contributed by atoms with Crippen LogP contribution in [0, 0.1) is 18.6 Å². The van der Waals surface area contributed by atoms with Crippen molar-refractivity contribution in [1.82, 2.24) is 14.8 Å². The lowest BCUT2D eigenvalue weighted by molar-refractivity contribution is 0.734. The SMILES string of the molecule is Cc1cccc(-c2n[nH]c(=S)n2C2CC2)c1C. The van der Waals surface area contributed by atoms with Gasteiger partial charge in [0, 0.05) is 11.6 Å². The van der Waals surface area contributed by atoms with Gasteiger partial charge in [-0.05, 0) is 50.0 Å². The first kappa shape index (κ1) is 10.7. The number of H-pyrrole nitrogens is 1. The number of hydrogen-bond acceptors (Lipinski definition) is 2. The van der Waals surface area contributed by atoms with Crippen LogP contribution in [0.2, 0.25) is 0 Å². The molecule has 0 radical (unpaired) electrons. The molecular weight excluding hydrogens is 230 g/mol. The molecule has 1 heterocycles. The Morgan fingerprint density at radius 2 is 2.12 bits per heavy atom. The Hall–Kier alpha value is -1.42. The number of aromatic nitrogens is 3. The molecule has 0 amide bonds. The maximum atomic E-state index is 5.31. The van der Waals surface area contributed by atoms with Crippen LogP contribution in [-0.2, 0) is 0 Å². The van der Waals surface area contributed by atoms with E-state index in [-0.39, 0.29) is 0 Å². The molecule has 2 aromatic rings. The van der Waals surface area contributed by atoms with Gasteiger partial charge >= 0.3 is 0 Å². The molecule has 1 aliphatic carbocycles. The van der Waals surface area contributed by atoms with Crippen molar-refractivity contribution >= 4 is 12.2 Å². The summed E-state index contributed by atoms with van der Waals surface area (Å²) in [4.78, 5) is 0. The van der Waals surface area contributed by atoms with Crippen LogP contribution in [0.15, 0.2) is 18.2 Å². The Morgan fingerprint density at radius 1 is 1.35 bits per heavy atom. The van der Waals surface area contributed by atoms with Crippen molar-refractivity contribution < 1.29 is 0 Å². The van der Waals surface area contributed by atoms with Crippen LogP contribution in [0.25, 0.3) is 11.4 Å². The predicted molar refractivity (Wildman–Crippen MR) is 70.6 cm³/mol. The lowest BCUT2D eigenvalue weighted by Gasteiger charge is -2.09. The minimum Gasteiger partial charge on any atom is -0.297 e. The summed E-state index contributed by atoms with van der Waals surface area (Å²) in [5, 5.41) is 7.31. The molecule has 0 spiro atoms. The standard InChI is InChI=1S/C13H15N3S/c1-8-4-3-5-11(9(8)2)12-14-15-13(17)16(12)10-6-7-10/h3-5,10H,6-7H2,1-2H3,(H,15,17). The van der Waals surface area contributed by atoms with Gasteiger partial charge in [0.05, 0.1) is 0 Å². The minimum absolute atomic E-state index is 0.552. The summed E-state index contributed by atoms with van der Waals surface area (Å²) in [6, 6.07) is 6.87. The Labute approximate surface area is 105 Å². The molecule has 3 nitrogen and oxygen atoms in total. The summed E-state index contributed by atoms with van der Waals surface area (Å²) in [7, 11) is 0. The third-order valence-corrected chi connectivity index (χ3v) is 3.75. The van der Waals surface area contributed by atoms with Crippen LogP contribution >= 0.6 is 12.2 Å². The van der Waals surface area contributed by atoms with E-state index in [2.05, 4.69) is 46.8 Å². The number of benzene rings is 1. The monoisotopic (exact) mass is 245 g/mol. The fourth-order valence-corrected chi connectivity index (χ4v) is 2.44. The molecule has 1 fully saturated rings. The zero-order chi connectivity index (χ0) is 12.0. The Kier molecular flexibility index (Phi) is 2.40. The molecule has 1 aromatic carbocycles. The van der Waals surface area contributed by atoms with Crippen molar-refractivity contribution in [2.45, 2.75) is 32.7 Å². The average Bonchev–Trinajstić information content (AvgIpc) is 3.07. The Bertz CT molecular complexity index is 620. The van der Waals surface area contributed by atoms with E-state index in [9.17, 15) is 0 Å². The van der Waals surface area contributed by atoms with E-state index >= 15 is 0 Å². The van der Waals surface area contributed by atoms with Gasteiger partial charge in [0.15, 0.2) is 10.6 Å². The predicted octanol–water partition coefficient (Wildman–Crippen LogP) is 3.56. The van der Waals surface area contributed by atoms with E-state index < -0.39 is 0 Å². The first-order valence-electron chi connectivity index (χ1n) is 5.92. The first-order valence-corrected chi connectivity index (χ1v) is 6.33. The van der Waals surface area contributed by atoms with Gasteiger partial charge in [0.25, 0.3) is 0 Å². The van der Waals surface area contributed by atoms with E-state index in [0.717, 1.165) is 10.6 Å². The van der Waals surface area contributed by atoms with Gasteiger partial charge in [-0.15, -0.1) is 0 Å². The van der Waals surface area contributed by atoms with Crippen LogP contribution < -0.4 is 0 Å². The van der Waals surface area contributed by atoms with Crippen molar-refractivity contribution in [3.8, 4) is 11.4 Å². The largest absolute Gasteiger partial charge is 0.297 e. The van der Waals surface area contributed by atoms with Crippen LogP contribution in [0.1, 0.15) is 30.0 Å². The van der Waals surface area contributed by atoms with E-state index in [1.807, 2.05) is 0 Å². The van der Waals surface area contributed by atoms with Gasteiger partial charge in [-0.2, -0.15) is 5.10 Å². The second-order valence-corrected chi connectivity index (χ2v) is 5.09. The van der Waals surface area contributed by atoms with Gasteiger partial charge in [-0.25, -0.2) is 0 Å². The van der Waals surface area contributed by atoms with Crippen molar-refractivity contribution in [3.05, 3.63) is 34.1 Å². The van der Waals surface area contributed by atoms with Crippen LogP contribution in [-0.4, -0.2) is 14.8 Å². The molecule has 0 aliphatic heterocycles. The molecule has 0 unspecified atom stereocenters. The van der Waals surface area contributed by atoms with Crippen LogP contribution in [0.3, 0.4) is 0 Å². The maximum Gasteiger partial charge on any atom is 0.195 e. The summed E-state index contributed by atoms with van der Waals surface area (Å²) in [6.45, 7) is 4.27. The molecule has 0 bridgehead atoms. The maximum absolute atomic E-state index is 5.31. The first-order chi connectivity index (χ1) is 8.18. The minimum atomic E-state index is 0.552. The molecule has 1 N–H and O–H groups in total. The normalized spacial score (nSPS) is 15.2. The van der Waals surface area contributed by atoms with E-state index in [4.69, 9.17) is 12.2 Å². The van der Waals surface area contributed by atoms with Crippen molar-refractivity contribution in [3.63, 3.8) is 0 Å². The second kappa shape index (κ2) is 3.81. The van der Waals surface area contributed by atoms with Gasteiger partial charge < -0.3 is 0 Å². The molecule has 1 aromatic heterocycles. The second-order valence-electron chi connectivity index (χ2n) is 4.70. The molecule has 4 heteroatoms. The Balaban J connectivity index is 2.21. The zero-order valence-corrected chi connectivity index (χ0v) is 10.8. The fourth-order valence-electron chi connectivity index (χ4n) is 2.16. The van der Waals surface area contributed by atoms with Crippen molar-refractivity contribution in [1.29, 1.82) is 0 Å².